The number of fused-ring (bicyclic) bond motifs is 3. The van der Waals surface area contributed by atoms with Gasteiger partial charge in [-0.25, -0.2) is 0 Å². The van der Waals surface area contributed by atoms with Gasteiger partial charge in [-0.3, -0.25) is 9.97 Å². The molecule has 1 aliphatic carbocycles. The van der Waals surface area contributed by atoms with Crippen molar-refractivity contribution in [3.63, 3.8) is 0 Å². The Hall–Kier alpha value is -2.91. The highest BCUT2D eigenvalue weighted by atomic mass is 32.1. The minimum Gasteiger partial charge on any atom is -0.254 e. The first-order valence-corrected chi connectivity index (χ1v) is 9.03. The smallest absolute Gasteiger partial charge is 0.0937 e. The van der Waals surface area contributed by atoms with Crippen LogP contribution in [0.1, 0.15) is 22.3 Å². The van der Waals surface area contributed by atoms with Crippen LogP contribution in [0.3, 0.4) is 0 Å². The van der Waals surface area contributed by atoms with E-state index in [9.17, 15) is 0 Å². The molecule has 2 aromatic carbocycles. The molecular formula is C23H16N2S. The lowest BCUT2D eigenvalue weighted by Gasteiger charge is -2.33. The zero-order valence-corrected chi connectivity index (χ0v) is 14.9. The molecule has 0 aliphatic heterocycles. The largest absolute Gasteiger partial charge is 0.254 e. The van der Waals surface area contributed by atoms with Crippen molar-refractivity contribution in [1.29, 1.82) is 0 Å². The Morgan fingerprint density at radius 3 is 1.69 bits per heavy atom. The molecule has 26 heavy (non-hydrogen) atoms. The van der Waals surface area contributed by atoms with Crippen LogP contribution in [0, 0.1) is 0 Å². The van der Waals surface area contributed by atoms with E-state index in [2.05, 4.69) is 77.2 Å². The van der Waals surface area contributed by atoms with Gasteiger partial charge in [0, 0.05) is 17.3 Å². The summed E-state index contributed by atoms with van der Waals surface area (Å²) in [6, 6.07) is 27.4. The van der Waals surface area contributed by atoms with Gasteiger partial charge in [-0.2, -0.15) is 0 Å². The van der Waals surface area contributed by atoms with E-state index in [1.807, 2.05) is 36.7 Å². The summed E-state index contributed by atoms with van der Waals surface area (Å²) in [6.07, 6.45) is 3.68. The van der Waals surface area contributed by atoms with Crippen molar-refractivity contribution in [3.8, 4) is 11.4 Å². The highest BCUT2D eigenvalue weighted by Gasteiger charge is 2.47. The zero-order chi connectivity index (χ0) is 17.6. The number of nitrogens with zero attached hydrogens (tertiary/aromatic N) is 2. The molecule has 0 radical (unpaired) electrons. The van der Waals surface area contributed by atoms with E-state index < -0.39 is 5.41 Å². The summed E-state index contributed by atoms with van der Waals surface area (Å²) in [4.78, 5) is 10.3. The van der Waals surface area contributed by atoms with Crippen LogP contribution in [0.15, 0.2) is 96.2 Å². The second-order valence-corrected chi connectivity index (χ2v) is 6.98. The highest BCUT2D eigenvalue weighted by Crippen LogP contribution is 2.54. The van der Waals surface area contributed by atoms with Crippen molar-refractivity contribution in [2.45, 2.75) is 10.3 Å². The van der Waals surface area contributed by atoms with Crippen LogP contribution >= 0.6 is 12.6 Å². The zero-order valence-electron chi connectivity index (χ0n) is 14.0. The number of rotatable bonds is 2. The molecule has 2 nitrogen and oxygen atoms in total. The summed E-state index contributed by atoms with van der Waals surface area (Å²) in [6.45, 7) is 0. The fraction of sp³-hybridized carbons (Fsp3) is 0.0435. The molecule has 0 saturated carbocycles. The molecule has 3 heteroatoms. The summed E-state index contributed by atoms with van der Waals surface area (Å²) in [5.41, 5.74) is 6.26. The van der Waals surface area contributed by atoms with Gasteiger partial charge in [-0.15, -0.1) is 12.6 Å². The monoisotopic (exact) mass is 352 g/mol. The Labute approximate surface area is 158 Å². The first-order valence-electron chi connectivity index (χ1n) is 8.58. The molecule has 0 atom stereocenters. The van der Waals surface area contributed by atoms with E-state index in [1.54, 1.807) is 0 Å². The first-order chi connectivity index (χ1) is 12.8. The van der Waals surface area contributed by atoms with Crippen LogP contribution < -0.4 is 0 Å². The predicted molar refractivity (Wildman–Crippen MR) is 107 cm³/mol. The Kier molecular flexibility index (Phi) is 3.44. The second-order valence-electron chi connectivity index (χ2n) is 6.46. The van der Waals surface area contributed by atoms with E-state index in [1.165, 1.54) is 22.3 Å². The molecule has 4 aromatic rings. The highest BCUT2D eigenvalue weighted by molar-refractivity contribution is 7.80. The maximum atomic E-state index is 4.69. The summed E-state index contributed by atoms with van der Waals surface area (Å²) >= 11 is 4.48. The Morgan fingerprint density at radius 2 is 1.12 bits per heavy atom. The molecule has 0 spiro atoms. The quantitative estimate of drug-likeness (QED) is 0.446. The Bertz CT molecular complexity index is 1040. The number of pyridine rings is 2. The van der Waals surface area contributed by atoms with Crippen LogP contribution in [-0.4, -0.2) is 9.97 Å². The van der Waals surface area contributed by atoms with Gasteiger partial charge in [0.05, 0.1) is 16.8 Å². The molecule has 2 aromatic heterocycles. The second kappa shape index (κ2) is 5.82. The third-order valence-electron chi connectivity index (χ3n) is 5.15. The average molecular weight is 352 g/mol. The molecule has 0 amide bonds. The lowest BCUT2D eigenvalue weighted by atomic mass is 9.68. The van der Waals surface area contributed by atoms with E-state index in [0.29, 0.717) is 0 Å². The van der Waals surface area contributed by atoms with Crippen LogP contribution in [0.4, 0.5) is 0 Å². The van der Waals surface area contributed by atoms with Crippen molar-refractivity contribution in [2.24, 2.45) is 0 Å². The predicted octanol–water partition coefficient (Wildman–Crippen LogP) is 5.13. The van der Waals surface area contributed by atoms with Gasteiger partial charge in [0.2, 0.25) is 0 Å². The molecule has 0 fully saturated rings. The van der Waals surface area contributed by atoms with Crippen LogP contribution in [0.25, 0.3) is 11.4 Å². The van der Waals surface area contributed by atoms with Gasteiger partial charge in [0.1, 0.15) is 0 Å². The van der Waals surface area contributed by atoms with Crippen molar-refractivity contribution in [1.82, 2.24) is 9.97 Å². The van der Waals surface area contributed by atoms with Gasteiger partial charge in [-0.05, 0) is 46.5 Å². The summed E-state index contributed by atoms with van der Waals surface area (Å²) in [5.74, 6) is 0. The molecule has 0 saturated heterocycles. The van der Waals surface area contributed by atoms with Crippen molar-refractivity contribution in [3.05, 3.63) is 114 Å². The molecule has 0 N–H and O–H groups in total. The van der Waals surface area contributed by atoms with Gasteiger partial charge >= 0.3 is 0 Å². The SMILES string of the molecule is Sc1ccc(C2(c3ccccc3)c3cccnc3-c3ncccc32)cc1. The maximum absolute atomic E-state index is 4.69. The molecule has 124 valence electrons. The Balaban J connectivity index is 1.96. The van der Waals surface area contributed by atoms with Gasteiger partial charge in [0.25, 0.3) is 0 Å². The number of benzene rings is 2. The third kappa shape index (κ3) is 2.01. The number of hydrogen-bond acceptors (Lipinski definition) is 3. The van der Waals surface area contributed by atoms with Crippen LogP contribution in [0.5, 0.6) is 0 Å². The molecular weight excluding hydrogens is 336 g/mol. The topological polar surface area (TPSA) is 25.8 Å². The normalized spacial score (nSPS) is 13.9. The lowest BCUT2D eigenvalue weighted by molar-refractivity contribution is 0.763. The van der Waals surface area contributed by atoms with Gasteiger partial charge in [0.15, 0.2) is 0 Å². The number of thiol groups is 1. The number of aromatic nitrogens is 2. The minimum atomic E-state index is -0.421. The van der Waals surface area contributed by atoms with Gasteiger partial charge in [-0.1, -0.05) is 54.6 Å². The van der Waals surface area contributed by atoms with Crippen molar-refractivity contribution >= 4 is 12.6 Å². The average Bonchev–Trinajstić information content (AvgIpc) is 3.01. The Morgan fingerprint density at radius 1 is 0.577 bits per heavy atom. The fourth-order valence-corrected chi connectivity index (χ4v) is 4.28. The summed E-state index contributed by atoms with van der Waals surface area (Å²) in [7, 11) is 0. The molecule has 0 unspecified atom stereocenters. The standard InChI is InChI=1S/C23H16N2S/c26-18-12-10-17(11-13-18)23(16-6-2-1-3-7-16)19-8-4-14-24-21(19)22-20(23)9-5-15-25-22/h1-15,26H. The minimum absolute atomic E-state index is 0.421. The fourth-order valence-electron chi connectivity index (χ4n) is 4.13. The van der Waals surface area contributed by atoms with E-state index in [0.717, 1.165) is 16.3 Å². The van der Waals surface area contributed by atoms with Crippen molar-refractivity contribution in [2.75, 3.05) is 0 Å². The van der Waals surface area contributed by atoms with E-state index in [4.69, 9.17) is 0 Å². The van der Waals surface area contributed by atoms with Crippen LogP contribution in [-0.2, 0) is 5.41 Å². The first kappa shape index (κ1) is 15.4. The molecule has 2 heterocycles. The maximum Gasteiger partial charge on any atom is 0.0937 e. The van der Waals surface area contributed by atoms with E-state index >= 15 is 0 Å². The molecule has 1 aliphatic rings. The van der Waals surface area contributed by atoms with Gasteiger partial charge < -0.3 is 0 Å². The third-order valence-corrected chi connectivity index (χ3v) is 5.45. The van der Waals surface area contributed by atoms with Crippen molar-refractivity contribution < 1.29 is 0 Å². The van der Waals surface area contributed by atoms with E-state index in [-0.39, 0.29) is 0 Å². The summed E-state index contributed by atoms with van der Waals surface area (Å²) in [5, 5.41) is 0. The number of hydrogen-bond donors (Lipinski definition) is 1. The molecule has 0 bridgehead atoms. The lowest BCUT2D eigenvalue weighted by Crippen LogP contribution is -2.28. The molecule has 5 rings (SSSR count). The van der Waals surface area contributed by atoms with Crippen LogP contribution in [0.2, 0.25) is 0 Å². The summed E-state index contributed by atoms with van der Waals surface area (Å²) < 4.78 is 0.